The van der Waals surface area contributed by atoms with Crippen molar-refractivity contribution in [2.24, 2.45) is 11.7 Å². The number of nitrogens with two attached hydrogens (primary N) is 1. The number of rotatable bonds is 7. The molecule has 0 aliphatic heterocycles. The van der Waals surface area contributed by atoms with Crippen molar-refractivity contribution in [2.45, 2.75) is 24.8 Å². The normalized spacial score (nSPS) is 11.7. The summed E-state index contributed by atoms with van der Waals surface area (Å²) in [4.78, 5) is 35.2. The van der Waals surface area contributed by atoms with Crippen molar-refractivity contribution in [3.8, 4) is 5.75 Å². The van der Waals surface area contributed by atoms with Crippen molar-refractivity contribution < 1.29 is 23.9 Å². The molecule has 7 nitrogen and oxygen atoms in total. The molecule has 8 heteroatoms. The Hall–Kier alpha value is -2.22. The van der Waals surface area contributed by atoms with Gasteiger partial charge in [0.15, 0.2) is 6.10 Å². The zero-order chi connectivity index (χ0) is 17.4. The van der Waals surface area contributed by atoms with Crippen molar-refractivity contribution >= 4 is 29.7 Å². The molecule has 0 unspecified atom stereocenters. The van der Waals surface area contributed by atoms with Crippen molar-refractivity contribution in [1.29, 1.82) is 0 Å². The first-order chi connectivity index (χ1) is 10.8. The number of thioether (sulfide) groups is 1. The fraction of sp³-hybridized carbons (Fsp3) is 0.400. The summed E-state index contributed by atoms with van der Waals surface area (Å²) in [6, 6.07) is 6.22. The molecule has 0 aliphatic carbocycles. The Labute approximate surface area is 138 Å². The van der Waals surface area contributed by atoms with E-state index in [2.05, 4.69) is 0 Å². The molecule has 1 rings (SSSR count). The number of hydrogen-bond donors (Lipinski definition) is 2. The van der Waals surface area contributed by atoms with E-state index >= 15 is 0 Å². The maximum atomic E-state index is 11.9. The Balaban J connectivity index is 2.54. The maximum absolute atomic E-state index is 11.9. The summed E-state index contributed by atoms with van der Waals surface area (Å²) < 4.78 is 10.2. The van der Waals surface area contributed by atoms with E-state index in [0.29, 0.717) is 0 Å². The van der Waals surface area contributed by atoms with Gasteiger partial charge >= 0.3 is 12.0 Å². The van der Waals surface area contributed by atoms with Crippen LogP contribution in [0.2, 0.25) is 0 Å². The second kappa shape index (κ2) is 9.04. The van der Waals surface area contributed by atoms with Gasteiger partial charge in [0.2, 0.25) is 0 Å². The summed E-state index contributed by atoms with van der Waals surface area (Å²) in [6.07, 6.45) is -1.06. The number of carbonyl (C=O) groups excluding carboxylic acids is 3. The lowest BCUT2D eigenvalue weighted by Gasteiger charge is -2.19. The molecule has 1 aromatic rings. The van der Waals surface area contributed by atoms with E-state index < -0.39 is 24.0 Å². The number of esters is 1. The van der Waals surface area contributed by atoms with Crippen molar-refractivity contribution in [3.05, 3.63) is 24.3 Å². The van der Waals surface area contributed by atoms with Crippen LogP contribution in [0.25, 0.3) is 0 Å². The summed E-state index contributed by atoms with van der Waals surface area (Å²) in [5.41, 5.74) is 4.89. The highest BCUT2D eigenvalue weighted by atomic mass is 32.2. The fourth-order valence-corrected chi connectivity index (χ4v) is 2.36. The van der Waals surface area contributed by atoms with Crippen LogP contribution in [-0.4, -0.2) is 36.9 Å². The first-order valence-electron chi connectivity index (χ1n) is 6.90. The zero-order valence-electron chi connectivity index (χ0n) is 13.2. The predicted molar refractivity (Wildman–Crippen MR) is 86.2 cm³/mol. The summed E-state index contributed by atoms with van der Waals surface area (Å²) >= 11 is 1.27. The molecule has 0 saturated heterocycles. The predicted octanol–water partition coefficient (Wildman–Crippen LogP) is 1.55. The Bertz CT molecular complexity index is 559. The molecule has 0 aliphatic rings. The van der Waals surface area contributed by atoms with E-state index in [1.165, 1.54) is 11.8 Å². The number of benzene rings is 1. The smallest absolute Gasteiger partial charge is 0.318 e. The van der Waals surface area contributed by atoms with Crippen LogP contribution in [0.1, 0.15) is 13.8 Å². The van der Waals surface area contributed by atoms with Gasteiger partial charge in [0.25, 0.3) is 5.91 Å². The fourth-order valence-electron chi connectivity index (χ4n) is 1.67. The highest BCUT2D eigenvalue weighted by Crippen LogP contribution is 2.21. The Kier molecular flexibility index (Phi) is 7.40. The molecular formula is C15H20N2O5S. The van der Waals surface area contributed by atoms with Gasteiger partial charge in [0.1, 0.15) is 5.75 Å². The van der Waals surface area contributed by atoms with Gasteiger partial charge in [-0.1, -0.05) is 13.8 Å². The van der Waals surface area contributed by atoms with Crippen LogP contribution in [0.4, 0.5) is 4.79 Å². The minimum Gasteiger partial charge on any atom is -0.497 e. The van der Waals surface area contributed by atoms with Gasteiger partial charge in [0, 0.05) is 4.90 Å². The average molecular weight is 340 g/mol. The number of primary amides is 1. The lowest BCUT2D eigenvalue weighted by atomic mass is 10.1. The van der Waals surface area contributed by atoms with Crippen LogP contribution in [0.5, 0.6) is 5.75 Å². The summed E-state index contributed by atoms with van der Waals surface area (Å²) in [6.45, 7) is 3.41. The Morgan fingerprint density at radius 2 is 1.83 bits per heavy atom. The molecule has 3 N–H and O–H groups in total. The summed E-state index contributed by atoms with van der Waals surface area (Å²) in [5.74, 6) is -0.803. The van der Waals surface area contributed by atoms with Crippen LogP contribution in [0, 0.1) is 5.92 Å². The van der Waals surface area contributed by atoms with Gasteiger partial charge in [-0.3, -0.25) is 14.9 Å². The number of amides is 3. The topological polar surface area (TPSA) is 108 Å². The third-order valence-electron chi connectivity index (χ3n) is 2.78. The van der Waals surface area contributed by atoms with Crippen molar-refractivity contribution in [1.82, 2.24) is 5.32 Å². The molecule has 0 heterocycles. The van der Waals surface area contributed by atoms with Gasteiger partial charge in [-0.2, -0.15) is 0 Å². The van der Waals surface area contributed by atoms with Gasteiger partial charge in [-0.25, -0.2) is 4.79 Å². The molecule has 0 aromatic heterocycles. The van der Waals surface area contributed by atoms with Crippen LogP contribution < -0.4 is 15.8 Å². The minimum atomic E-state index is -1.06. The number of imide groups is 1. The summed E-state index contributed by atoms with van der Waals surface area (Å²) in [5, 5.41) is 1.92. The quantitative estimate of drug-likeness (QED) is 0.576. The Morgan fingerprint density at radius 1 is 1.22 bits per heavy atom. The highest BCUT2D eigenvalue weighted by molar-refractivity contribution is 8.00. The largest absolute Gasteiger partial charge is 0.497 e. The zero-order valence-corrected chi connectivity index (χ0v) is 14.0. The molecular weight excluding hydrogens is 320 g/mol. The third-order valence-corrected chi connectivity index (χ3v) is 3.77. The molecule has 1 atom stereocenters. The lowest BCUT2D eigenvalue weighted by molar-refractivity contribution is -0.155. The number of hydrogen-bond acceptors (Lipinski definition) is 6. The molecule has 0 spiro atoms. The lowest BCUT2D eigenvalue weighted by Crippen LogP contribution is -2.45. The summed E-state index contributed by atoms with van der Waals surface area (Å²) in [7, 11) is 1.57. The molecule has 3 amide bonds. The monoisotopic (exact) mass is 340 g/mol. The third kappa shape index (κ3) is 6.60. The number of ether oxygens (including phenoxy) is 2. The van der Waals surface area contributed by atoms with E-state index in [-0.39, 0.29) is 11.7 Å². The highest BCUT2D eigenvalue weighted by Gasteiger charge is 2.27. The van der Waals surface area contributed by atoms with E-state index in [9.17, 15) is 14.4 Å². The number of urea groups is 1. The number of methoxy groups -OCH3 is 1. The molecule has 0 radical (unpaired) electrons. The number of carbonyl (C=O) groups is 3. The molecule has 0 bridgehead atoms. The Morgan fingerprint density at radius 3 is 2.30 bits per heavy atom. The van der Waals surface area contributed by atoms with Crippen LogP contribution in [0.3, 0.4) is 0 Å². The minimum absolute atomic E-state index is 0.0411. The first-order valence-corrected chi connectivity index (χ1v) is 7.88. The molecule has 0 saturated carbocycles. The van der Waals surface area contributed by atoms with Gasteiger partial charge in [-0.05, 0) is 30.2 Å². The second-order valence-electron chi connectivity index (χ2n) is 4.97. The molecule has 0 fully saturated rings. The first kappa shape index (κ1) is 18.8. The van der Waals surface area contributed by atoms with E-state index in [0.717, 1.165) is 10.6 Å². The van der Waals surface area contributed by atoms with Crippen molar-refractivity contribution in [2.75, 3.05) is 12.9 Å². The van der Waals surface area contributed by atoms with E-state index in [1.54, 1.807) is 33.1 Å². The molecule has 126 valence electrons. The average Bonchev–Trinajstić information content (AvgIpc) is 2.50. The van der Waals surface area contributed by atoms with Gasteiger partial charge in [-0.15, -0.1) is 11.8 Å². The number of nitrogens with one attached hydrogen (secondary N) is 1. The van der Waals surface area contributed by atoms with Crippen LogP contribution in [0.15, 0.2) is 29.2 Å². The molecule has 1 aromatic carbocycles. The van der Waals surface area contributed by atoms with Crippen molar-refractivity contribution in [3.63, 3.8) is 0 Å². The van der Waals surface area contributed by atoms with Gasteiger partial charge < -0.3 is 15.2 Å². The van der Waals surface area contributed by atoms with E-state index in [1.807, 2.05) is 17.4 Å². The maximum Gasteiger partial charge on any atom is 0.318 e. The van der Waals surface area contributed by atoms with E-state index in [4.69, 9.17) is 15.2 Å². The van der Waals surface area contributed by atoms with Crippen LogP contribution >= 0.6 is 11.8 Å². The van der Waals surface area contributed by atoms with Gasteiger partial charge in [0.05, 0.1) is 12.9 Å². The molecule has 23 heavy (non-hydrogen) atoms. The standard InChI is InChI=1S/C15H20N2O5S/c1-9(2)13(14(19)17-15(16)20)22-12(18)8-23-11-6-4-10(21-3)5-7-11/h4-7,9,13H,8H2,1-3H3,(H3,16,17,19,20)/t13-/m0/s1. The second-order valence-corrected chi connectivity index (χ2v) is 6.02. The SMILES string of the molecule is COc1ccc(SCC(=O)O[C@H](C(=O)NC(N)=O)C(C)C)cc1. The van der Waals surface area contributed by atoms with Crippen LogP contribution in [-0.2, 0) is 14.3 Å².